The number of para-hydroxylation sites is 2. The van der Waals surface area contributed by atoms with Crippen molar-refractivity contribution in [3.8, 4) is 22.7 Å². The summed E-state index contributed by atoms with van der Waals surface area (Å²) in [5.74, 6) is 0.273. The van der Waals surface area contributed by atoms with Crippen molar-refractivity contribution >= 4 is 22.9 Å². The van der Waals surface area contributed by atoms with E-state index in [0.717, 1.165) is 33.3 Å². The Balaban J connectivity index is 1.49. The van der Waals surface area contributed by atoms with Crippen LogP contribution >= 0.6 is 0 Å². The summed E-state index contributed by atoms with van der Waals surface area (Å²) in [5.41, 5.74) is 6.24. The number of benzene rings is 4. The van der Waals surface area contributed by atoms with Crippen LogP contribution in [0.25, 0.3) is 27.7 Å². The summed E-state index contributed by atoms with van der Waals surface area (Å²) in [7, 11) is 1.59. The molecular formula is C28H22N4O2. The van der Waals surface area contributed by atoms with E-state index in [2.05, 4.69) is 39.9 Å². The lowest BCUT2D eigenvalue weighted by Gasteiger charge is -2.08. The lowest BCUT2D eigenvalue weighted by molar-refractivity contribution is 0.0949. The molecule has 0 spiro atoms. The second-order valence-corrected chi connectivity index (χ2v) is 7.67. The molecule has 0 unspecified atom stereocenters. The molecule has 0 bridgehead atoms. The molecule has 0 atom stereocenters. The van der Waals surface area contributed by atoms with Crippen molar-refractivity contribution < 1.29 is 9.53 Å². The first-order valence-electron chi connectivity index (χ1n) is 10.8. The third-order valence-corrected chi connectivity index (χ3v) is 5.50. The number of amides is 1. The van der Waals surface area contributed by atoms with Gasteiger partial charge in [-0.3, -0.25) is 4.79 Å². The maximum Gasteiger partial charge on any atom is 0.291 e. The van der Waals surface area contributed by atoms with Gasteiger partial charge in [-0.25, -0.2) is 10.1 Å². The molecule has 6 nitrogen and oxygen atoms in total. The van der Waals surface area contributed by atoms with Crippen LogP contribution in [0.5, 0.6) is 5.75 Å². The number of aromatic nitrogens is 2. The fourth-order valence-electron chi connectivity index (χ4n) is 3.80. The molecule has 0 aliphatic heterocycles. The zero-order valence-corrected chi connectivity index (χ0v) is 18.6. The number of nitrogens with one attached hydrogen (secondary N) is 1. The van der Waals surface area contributed by atoms with Crippen LogP contribution in [0.4, 0.5) is 0 Å². The standard InChI is InChI=1S/C28H22N4O2/c1-34-27-14-8-7-11-23(27)19-29-30-28(33)25-18-26(32(31-25)24-12-3-2-4-13-24)22-16-15-20-9-5-6-10-21(20)17-22/h2-19H,1H3,(H,30,33)/b29-19-. The van der Waals surface area contributed by atoms with E-state index in [-0.39, 0.29) is 5.69 Å². The second-order valence-electron chi connectivity index (χ2n) is 7.67. The Kier molecular flexibility index (Phi) is 5.86. The normalized spacial score (nSPS) is 11.1. The average molecular weight is 447 g/mol. The van der Waals surface area contributed by atoms with Gasteiger partial charge < -0.3 is 4.74 Å². The molecule has 0 saturated heterocycles. The van der Waals surface area contributed by atoms with E-state index >= 15 is 0 Å². The molecule has 0 aliphatic rings. The summed E-state index contributed by atoms with van der Waals surface area (Å²) in [4.78, 5) is 12.9. The molecule has 34 heavy (non-hydrogen) atoms. The van der Waals surface area contributed by atoms with E-state index in [9.17, 15) is 4.79 Å². The minimum absolute atomic E-state index is 0.268. The monoisotopic (exact) mass is 446 g/mol. The lowest BCUT2D eigenvalue weighted by atomic mass is 10.0. The predicted octanol–water partition coefficient (Wildman–Crippen LogP) is 5.47. The number of carbonyl (C=O) groups is 1. The topological polar surface area (TPSA) is 68.5 Å². The maximum atomic E-state index is 12.9. The van der Waals surface area contributed by atoms with Gasteiger partial charge in [0.15, 0.2) is 5.69 Å². The van der Waals surface area contributed by atoms with Gasteiger partial charge >= 0.3 is 0 Å². The Morgan fingerprint density at radius 1 is 0.882 bits per heavy atom. The van der Waals surface area contributed by atoms with Crippen LogP contribution in [0.1, 0.15) is 16.1 Å². The third kappa shape index (κ3) is 4.29. The number of rotatable bonds is 6. The number of methoxy groups -OCH3 is 1. The zero-order chi connectivity index (χ0) is 23.3. The van der Waals surface area contributed by atoms with E-state index in [0.29, 0.717) is 5.75 Å². The van der Waals surface area contributed by atoms with Gasteiger partial charge in [-0.2, -0.15) is 10.2 Å². The number of nitrogens with zero attached hydrogens (tertiary/aromatic N) is 3. The van der Waals surface area contributed by atoms with E-state index in [1.165, 1.54) is 0 Å². The van der Waals surface area contributed by atoms with E-state index in [1.54, 1.807) is 24.1 Å². The molecule has 5 aromatic rings. The molecule has 1 N–H and O–H groups in total. The molecule has 1 aromatic heterocycles. The van der Waals surface area contributed by atoms with Crippen molar-refractivity contribution in [2.45, 2.75) is 0 Å². The minimum Gasteiger partial charge on any atom is -0.496 e. The number of fused-ring (bicyclic) bond motifs is 1. The van der Waals surface area contributed by atoms with Gasteiger partial charge in [-0.05, 0) is 47.2 Å². The second kappa shape index (κ2) is 9.42. The van der Waals surface area contributed by atoms with Crippen LogP contribution in [0.3, 0.4) is 0 Å². The van der Waals surface area contributed by atoms with Crippen LogP contribution in [0.2, 0.25) is 0 Å². The fraction of sp³-hybridized carbons (Fsp3) is 0.0357. The number of ether oxygens (including phenoxy) is 1. The maximum absolute atomic E-state index is 12.9. The first-order chi connectivity index (χ1) is 16.7. The number of hydrogen-bond acceptors (Lipinski definition) is 4. The van der Waals surface area contributed by atoms with Gasteiger partial charge in [-0.1, -0.05) is 66.7 Å². The van der Waals surface area contributed by atoms with Crippen molar-refractivity contribution in [2.24, 2.45) is 5.10 Å². The Morgan fingerprint density at radius 2 is 1.62 bits per heavy atom. The van der Waals surface area contributed by atoms with Gasteiger partial charge in [0.2, 0.25) is 0 Å². The number of carbonyl (C=O) groups excluding carboxylic acids is 1. The molecule has 5 rings (SSSR count). The van der Waals surface area contributed by atoms with Crippen LogP contribution in [-0.2, 0) is 0 Å². The highest BCUT2D eigenvalue weighted by Crippen LogP contribution is 2.27. The quantitative estimate of drug-likeness (QED) is 0.278. The third-order valence-electron chi connectivity index (χ3n) is 5.50. The van der Waals surface area contributed by atoms with E-state index in [4.69, 9.17) is 4.74 Å². The Morgan fingerprint density at radius 3 is 2.44 bits per heavy atom. The summed E-state index contributed by atoms with van der Waals surface area (Å²) < 4.78 is 7.10. The van der Waals surface area contributed by atoms with Gasteiger partial charge in [0.25, 0.3) is 5.91 Å². The molecule has 0 aliphatic carbocycles. The number of hydrazone groups is 1. The Hall–Kier alpha value is -4.71. The van der Waals surface area contributed by atoms with Crippen LogP contribution in [0, 0.1) is 0 Å². The Bertz CT molecular complexity index is 1490. The lowest BCUT2D eigenvalue weighted by Crippen LogP contribution is -2.18. The molecule has 166 valence electrons. The summed E-state index contributed by atoms with van der Waals surface area (Å²) in [6, 6.07) is 33.4. The zero-order valence-electron chi connectivity index (χ0n) is 18.6. The summed E-state index contributed by atoms with van der Waals surface area (Å²) in [6.07, 6.45) is 1.55. The van der Waals surface area contributed by atoms with Gasteiger partial charge in [0, 0.05) is 11.1 Å². The van der Waals surface area contributed by atoms with E-state index in [1.807, 2.05) is 72.8 Å². The molecule has 4 aromatic carbocycles. The van der Waals surface area contributed by atoms with Crippen molar-refractivity contribution in [3.05, 3.63) is 114 Å². The van der Waals surface area contributed by atoms with E-state index < -0.39 is 5.91 Å². The molecule has 0 fully saturated rings. The SMILES string of the molecule is COc1ccccc1/C=N\NC(=O)c1cc(-c2ccc3ccccc3c2)n(-c2ccccc2)n1. The Labute approximate surface area is 197 Å². The van der Waals surface area contributed by atoms with Crippen LogP contribution in [-0.4, -0.2) is 29.0 Å². The molecule has 0 saturated carbocycles. The highest BCUT2D eigenvalue weighted by Gasteiger charge is 2.17. The molecule has 1 amide bonds. The fourth-order valence-corrected chi connectivity index (χ4v) is 3.80. The van der Waals surface area contributed by atoms with Crippen molar-refractivity contribution in [2.75, 3.05) is 7.11 Å². The minimum atomic E-state index is -0.400. The first-order valence-corrected chi connectivity index (χ1v) is 10.8. The largest absolute Gasteiger partial charge is 0.496 e. The number of hydrogen-bond donors (Lipinski definition) is 1. The van der Waals surface area contributed by atoms with Crippen LogP contribution < -0.4 is 10.2 Å². The summed E-state index contributed by atoms with van der Waals surface area (Å²) in [5, 5.41) is 11.0. The molecule has 6 heteroatoms. The van der Waals surface area contributed by atoms with Crippen molar-refractivity contribution in [1.29, 1.82) is 0 Å². The van der Waals surface area contributed by atoms with Gasteiger partial charge in [0.1, 0.15) is 5.75 Å². The molecule has 1 heterocycles. The summed E-state index contributed by atoms with van der Waals surface area (Å²) >= 11 is 0. The highest BCUT2D eigenvalue weighted by atomic mass is 16.5. The van der Waals surface area contributed by atoms with Crippen molar-refractivity contribution in [3.63, 3.8) is 0 Å². The average Bonchev–Trinajstić information content (AvgIpc) is 3.35. The smallest absolute Gasteiger partial charge is 0.291 e. The van der Waals surface area contributed by atoms with Gasteiger partial charge in [-0.15, -0.1) is 0 Å². The summed E-state index contributed by atoms with van der Waals surface area (Å²) in [6.45, 7) is 0. The van der Waals surface area contributed by atoms with Gasteiger partial charge in [0.05, 0.1) is 24.7 Å². The molecule has 0 radical (unpaired) electrons. The van der Waals surface area contributed by atoms with Crippen molar-refractivity contribution in [1.82, 2.24) is 15.2 Å². The predicted molar refractivity (Wildman–Crippen MR) is 135 cm³/mol. The molecular weight excluding hydrogens is 424 g/mol. The highest BCUT2D eigenvalue weighted by molar-refractivity contribution is 5.95. The van der Waals surface area contributed by atoms with Crippen LogP contribution in [0.15, 0.2) is 108 Å². The first kappa shape index (κ1) is 21.2.